The molecule has 0 bridgehead atoms. The third-order valence-corrected chi connectivity index (χ3v) is 5.97. The van der Waals surface area contributed by atoms with E-state index < -0.39 is 0 Å². The van der Waals surface area contributed by atoms with E-state index in [2.05, 4.69) is 47.1 Å². The van der Waals surface area contributed by atoms with Crippen molar-refractivity contribution in [2.45, 2.75) is 37.8 Å². The highest BCUT2D eigenvalue weighted by atomic mass is 16.2. The van der Waals surface area contributed by atoms with Crippen LogP contribution in [-0.2, 0) is 11.3 Å². The number of rotatable bonds is 4. The van der Waals surface area contributed by atoms with E-state index >= 15 is 0 Å². The smallest absolute Gasteiger partial charge is 0.236 e. The highest BCUT2D eigenvalue weighted by molar-refractivity contribution is 5.78. The fourth-order valence-corrected chi connectivity index (χ4v) is 4.33. The number of benzene rings is 1. The number of carbonyl (C=O) groups excluding carboxylic acids is 1. The van der Waals surface area contributed by atoms with E-state index in [1.807, 2.05) is 17.2 Å². The molecule has 1 aromatic rings. The minimum Gasteiger partial charge on any atom is -0.387 e. The molecule has 4 rings (SSSR count). The highest BCUT2D eigenvalue weighted by Gasteiger charge is 2.24. The molecule has 1 saturated heterocycles. The van der Waals surface area contributed by atoms with Crippen LogP contribution in [0.25, 0.3) is 6.08 Å². The molecule has 150 valence electrons. The molecule has 29 heavy (non-hydrogen) atoms. The Morgan fingerprint density at radius 2 is 2.14 bits per heavy atom. The second kappa shape index (κ2) is 8.54. The molecule has 3 aliphatic rings. The van der Waals surface area contributed by atoms with Crippen LogP contribution in [0, 0.1) is 11.3 Å². The SMILES string of the molecule is N#CC1=CC(c2cc3c(c(NC4CCN(C(=O)CN)CC4)c2)CNC=C3)CC=C1. The molecule has 0 saturated carbocycles. The minimum atomic E-state index is 0.0302. The number of nitriles is 1. The quantitative estimate of drug-likeness (QED) is 0.736. The predicted molar refractivity (Wildman–Crippen MR) is 115 cm³/mol. The van der Waals surface area contributed by atoms with Crippen LogP contribution in [0.4, 0.5) is 5.69 Å². The molecule has 1 unspecified atom stereocenters. The van der Waals surface area contributed by atoms with Crippen LogP contribution >= 0.6 is 0 Å². The van der Waals surface area contributed by atoms with Gasteiger partial charge in [-0.15, -0.1) is 0 Å². The summed E-state index contributed by atoms with van der Waals surface area (Å²) in [6.45, 7) is 2.37. The second-order valence-electron chi connectivity index (χ2n) is 7.83. The van der Waals surface area contributed by atoms with Crippen molar-refractivity contribution >= 4 is 17.7 Å². The van der Waals surface area contributed by atoms with E-state index in [4.69, 9.17) is 5.73 Å². The summed E-state index contributed by atoms with van der Waals surface area (Å²) >= 11 is 0. The Morgan fingerprint density at radius 3 is 2.90 bits per heavy atom. The number of nitrogens with zero attached hydrogens (tertiary/aromatic N) is 2. The summed E-state index contributed by atoms with van der Waals surface area (Å²) in [5, 5.41) is 16.3. The molecule has 0 spiro atoms. The van der Waals surface area contributed by atoms with Crippen LogP contribution in [-0.4, -0.2) is 36.5 Å². The first-order valence-corrected chi connectivity index (χ1v) is 10.3. The third-order valence-electron chi connectivity index (χ3n) is 5.97. The van der Waals surface area contributed by atoms with Crippen molar-refractivity contribution in [1.82, 2.24) is 10.2 Å². The van der Waals surface area contributed by atoms with Crippen LogP contribution in [0.1, 0.15) is 41.9 Å². The zero-order valence-corrected chi connectivity index (χ0v) is 16.5. The highest BCUT2D eigenvalue weighted by Crippen LogP contribution is 2.34. The van der Waals surface area contributed by atoms with E-state index in [0.717, 1.165) is 50.2 Å². The number of allylic oxidation sites excluding steroid dienone is 4. The van der Waals surface area contributed by atoms with Gasteiger partial charge in [0.15, 0.2) is 0 Å². The number of piperidine rings is 1. The van der Waals surface area contributed by atoms with Crippen molar-refractivity contribution in [3.05, 3.63) is 58.8 Å². The van der Waals surface area contributed by atoms with Gasteiger partial charge in [-0.2, -0.15) is 5.26 Å². The molecule has 2 heterocycles. The summed E-state index contributed by atoms with van der Waals surface area (Å²) in [5.74, 6) is 0.246. The minimum absolute atomic E-state index is 0.0302. The molecule has 6 heteroatoms. The number of hydrogen-bond acceptors (Lipinski definition) is 5. The van der Waals surface area contributed by atoms with Crippen molar-refractivity contribution in [3.8, 4) is 6.07 Å². The normalized spacial score (nSPS) is 21.0. The van der Waals surface area contributed by atoms with Gasteiger partial charge in [0.25, 0.3) is 0 Å². The van der Waals surface area contributed by atoms with Crippen LogP contribution < -0.4 is 16.4 Å². The Bertz CT molecular complexity index is 916. The van der Waals surface area contributed by atoms with E-state index in [0.29, 0.717) is 6.04 Å². The van der Waals surface area contributed by atoms with Crippen molar-refractivity contribution in [1.29, 1.82) is 5.26 Å². The van der Waals surface area contributed by atoms with Crippen molar-refractivity contribution < 1.29 is 4.79 Å². The van der Waals surface area contributed by atoms with Gasteiger partial charge >= 0.3 is 0 Å². The van der Waals surface area contributed by atoms with Gasteiger partial charge in [-0.05, 0) is 54.8 Å². The number of amides is 1. The standard InChI is InChI=1S/C23H27N5O/c24-13-16-2-1-3-17(10-16)19-11-18-4-7-26-15-21(18)22(12-19)27-20-5-8-28(9-6-20)23(29)14-25/h1-2,4,7,10-12,17,20,26-27H,3,5-6,8-9,14-15,25H2. The lowest BCUT2D eigenvalue weighted by Crippen LogP contribution is -2.44. The zero-order chi connectivity index (χ0) is 20.2. The fraction of sp³-hybridized carbons (Fsp3) is 0.391. The molecular formula is C23H27N5O. The zero-order valence-electron chi connectivity index (χ0n) is 16.5. The summed E-state index contributed by atoms with van der Waals surface area (Å²) in [6, 6.07) is 7.08. The molecule has 6 nitrogen and oxygen atoms in total. The Hall–Kier alpha value is -3.04. The van der Waals surface area contributed by atoms with Crippen LogP contribution in [0.2, 0.25) is 0 Å². The lowest BCUT2D eigenvalue weighted by molar-refractivity contribution is -0.130. The Morgan fingerprint density at radius 1 is 1.31 bits per heavy atom. The summed E-state index contributed by atoms with van der Waals surface area (Å²) in [6.07, 6.45) is 12.9. The summed E-state index contributed by atoms with van der Waals surface area (Å²) in [4.78, 5) is 13.7. The van der Waals surface area contributed by atoms with E-state index in [9.17, 15) is 10.1 Å². The first-order chi connectivity index (χ1) is 14.2. The van der Waals surface area contributed by atoms with Gasteiger partial charge < -0.3 is 21.3 Å². The van der Waals surface area contributed by atoms with E-state index in [-0.39, 0.29) is 18.4 Å². The van der Waals surface area contributed by atoms with Gasteiger partial charge in [-0.1, -0.05) is 18.2 Å². The van der Waals surface area contributed by atoms with Crippen molar-refractivity contribution in [3.63, 3.8) is 0 Å². The molecule has 1 fully saturated rings. The molecule has 1 amide bonds. The first kappa shape index (κ1) is 19.3. The number of carbonyl (C=O) groups is 1. The number of hydrogen-bond donors (Lipinski definition) is 3. The van der Waals surface area contributed by atoms with Crippen LogP contribution in [0.15, 0.2) is 42.1 Å². The predicted octanol–water partition coefficient (Wildman–Crippen LogP) is 2.62. The molecular weight excluding hydrogens is 362 g/mol. The van der Waals surface area contributed by atoms with Gasteiger partial charge in [-0.25, -0.2) is 0 Å². The topological polar surface area (TPSA) is 94.2 Å². The maximum atomic E-state index is 11.8. The van der Waals surface area contributed by atoms with E-state index in [1.54, 1.807) is 0 Å². The molecule has 0 radical (unpaired) electrons. The molecule has 0 aromatic heterocycles. The number of fused-ring (bicyclic) bond motifs is 1. The molecule has 1 aromatic carbocycles. The molecule has 4 N–H and O–H groups in total. The Labute approximate surface area is 171 Å². The lowest BCUT2D eigenvalue weighted by Gasteiger charge is -2.34. The Balaban J connectivity index is 1.56. The number of nitrogens with two attached hydrogens (primary N) is 1. The lowest BCUT2D eigenvalue weighted by atomic mass is 9.86. The number of anilines is 1. The van der Waals surface area contributed by atoms with Gasteiger partial charge in [0.05, 0.1) is 12.6 Å². The average molecular weight is 390 g/mol. The summed E-state index contributed by atoms with van der Waals surface area (Å²) < 4.78 is 0. The van der Waals surface area contributed by atoms with Gasteiger partial charge in [0.1, 0.15) is 0 Å². The maximum absolute atomic E-state index is 11.8. The van der Waals surface area contributed by atoms with Gasteiger partial charge in [-0.3, -0.25) is 4.79 Å². The third kappa shape index (κ3) is 4.20. The van der Waals surface area contributed by atoms with Crippen LogP contribution in [0.5, 0.6) is 0 Å². The maximum Gasteiger partial charge on any atom is 0.236 e. The molecule has 1 atom stereocenters. The monoisotopic (exact) mass is 389 g/mol. The van der Waals surface area contributed by atoms with Gasteiger partial charge in [0.2, 0.25) is 5.91 Å². The summed E-state index contributed by atoms with van der Waals surface area (Å²) in [5.41, 5.74) is 11.1. The second-order valence-corrected chi connectivity index (χ2v) is 7.83. The van der Waals surface area contributed by atoms with E-state index in [1.165, 1.54) is 16.7 Å². The van der Waals surface area contributed by atoms with Crippen LogP contribution in [0.3, 0.4) is 0 Å². The molecule has 2 aliphatic heterocycles. The molecule has 1 aliphatic carbocycles. The van der Waals surface area contributed by atoms with Crippen molar-refractivity contribution in [2.75, 3.05) is 25.0 Å². The first-order valence-electron chi connectivity index (χ1n) is 10.3. The fourth-order valence-electron chi connectivity index (χ4n) is 4.33. The van der Waals surface area contributed by atoms with Crippen molar-refractivity contribution in [2.24, 2.45) is 5.73 Å². The number of likely N-dealkylation sites (tertiary alicyclic amines) is 1. The van der Waals surface area contributed by atoms with Gasteiger partial charge in [0, 0.05) is 48.4 Å². The largest absolute Gasteiger partial charge is 0.387 e. The number of nitrogens with one attached hydrogen (secondary N) is 2. The summed E-state index contributed by atoms with van der Waals surface area (Å²) in [7, 11) is 0. The Kier molecular flexibility index (Phi) is 5.68. The average Bonchev–Trinajstić information content (AvgIpc) is 2.79.